The Bertz CT molecular complexity index is 945. The van der Waals surface area contributed by atoms with Gasteiger partial charge in [0.2, 0.25) is 5.91 Å². The summed E-state index contributed by atoms with van der Waals surface area (Å²) in [5.74, 6) is -0.800. The number of ether oxygens (including phenoxy) is 2. The van der Waals surface area contributed by atoms with Crippen molar-refractivity contribution in [1.29, 1.82) is 0 Å². The van der Waals surface area contributed by atoms with Crippen LogP contribution in [0.4, 0.5) is 10.5 Å². The second-order valence-electron chi connectivity index (χ2n) is 9.58. The lowest BCUT2D eigenvalue weighted by Crippen LogP contribution is -2.52. The zero-order valence-corrected chi connectivity index (χ0v) is 20.0. The van der Waals surface area contributed by atoms with Gasteiger partial charge in [-0.25, -0.2) is 15.0 Å². The normalized spacial score (nSPS) is 12.4. The van der Waals surface area contributed by atoms with E-state index < -0.39 is 29.3 Å². The van der Waals surface area contributed by atoms with Crippen molar-refractivity contribution in [2.75, 3.05) is 5.32 Å². The molecule has 2 rings (SSSR count). The summed E-state index contributed by atoms with van der Waals surface area (Å²) in [4.78, 5) is 37.2. The summed E-state index contributed by atoms with van der Waals surface area (Å²) in [7, 11) is 0. The highest BCUT2D eigenvalue weighted by Gasteiger charge is 2.23. The van der Waals surface area contributed by atoms with Crippen LogP contribution in [0.15, 0.2) is 54.6 Å². The summed E-state index contributed by atoms with van der Waals surface area (Å²) in [5, 5.41) is 2.80. The Labute approximate surface area is 195 Å². The van der Waals surface area contributed by atoms with E-state index in [1.807, 2.05) is 30.3 Å². The van der Waals surface area contributed by atoms with Crippen LogP contribution >= 0.6 is 0 Å². The SMILES string of the molecule is CC(C)(C)OC(=O)NN[C@@H](Cc1ccccc1)C(=O)Nc1ccc(C(=O)OC(C)(C)C)cc1. The summed E-state index contributed by atoms with van der Waals surface area (Å²) in [5.41, 5.74) is 5.73. The van der Waals surface area contributed by atoms with Gasteiger partial charge in [-0.05, 0) is 77.8 Å². The topological polar surface area (TPSA) is 106 Å². The Balaban J connectivity index is 2.07. The van der Waals surface area contributed by atoms with Gasteiger partial charge in [0.05, 0.1) is 5.56 Å². The minimum absolute atomic E-state index is 0.332. The fourth-order valence-electron chi connectivity index (χ4n) is 2.76. The molecule has 8 nitrogen and oxygen atoms in total. The van der Waals surface area contributed by atoms with Crippen LogP contribution in [0.5, 0.6) is 0 Å². The van der Waals surface area contributed by atoms with Gasteiger partial charge in [-0.3, -0.25) is 10.2 Å². The second kappa shape index (κ2) is 11.0. The largest absolute Gasteiger partial charge is 0.456 e. The van der Waals surface area contributed by atoms with Gasteiger partial charge in [-0.2, -0.15) is 0 Å². The molecule has 0 spiro atoms. The molecule has 0 unspecified atom stereocenters. The predicted molar refractivity (Wildman–Crippen MR) is 127 cm³/mol. The first-order valence-corrected chi connectivity index (χ1v) is 10.8. The highest BCUT2D eigenvalue weighted by molar-refractivity contribution is 5.96. The first kappa shape index (κ1) is 25.9. The number of carbonyl (C=O) groups is 3. The molecule has 0 heterocycles. The van der Waals surface area contributed by atoms with Crippen LogP contribution in [0.1, 0.15) is 57.5 Å². The Morgan fingerprint density at radius 2 is 1.39 bits per heavy atom. The van der Waals surface area contributed by atoms with E-state index >= 15 is 0 Å². The number of benzene rings is 2. The number of rotatable bonds is 7. The zero-order valence-electron chi connectivity index (χ0n) is 20.0. The van der Waals surface area contributed by atoms with Crippen LogP contribution < -0.4 is 16.2 Å². The van der Waals surface area contributed by atoms with E-state index in [1.54, 1.807) is 65.8 Å². The van der Waals surface area contributed by atoms with Gasteiger partial charge in [0.1, 0.15) is 17.2 Å². The molecule has 0 bridgehead atoms. The van der Waals surface area contributed by atoms with Crippen molar-refractivity contribution in [3.8, 4) is 0 Å². The monoisotopic (exact) mass is 455 g/mol. The maximum Gasteiger partial charge on any atom is 0.422 e. The molecule has 0 saturated heterocycles. The summed E-state index contributed by atoms with van der Waals surface area (Å²) < 4.78 is 10.6. The first-order chi connectivity index (χ1) is 15.3. The van der Waals surface area contributed by atoms with E-state index in [-0.39, 0.29) is 5.91 Å². The van der Waals surface area contributed by atoms with E-state index in [0.717, 1.165) is 5.56 Å². The fourth-order valence-corrected chi connectivity index (χ4v) is 2.76. The minimum Gasteiger partial charge on any atom is -0.456 e. The van der Waals surface area contributed by atoms with Crippen molar-refractivity contribution < 1.29 is 23.9 Å². The molecule has 2 aromatic carbocycles. The van der Waals surface area contributed by atoms with Gasteiger partial charge in [-0.15, -0.1) is 0 Å². The van der Waals surface area contributed by atoms with Gasteiger partial charge >= 0.3 is 12.1 Å². The molecule has 0 aliphatic carbocycles. The molecule has 0 aliphatic heterocycles. The van der Waals surface area contributed by atoms with E-state index in [2.05, 4.69) is 16.2 Å². The highest BCUT2D eigenvalue weighted by atomic mass is 16.6. The van der Waals surface area contributed by atoms with Crippen LogP contribution in [0.3, 0.4) is 0 Å². The van der Waals surface area contributed by atoms with E-state index in [4.69, 9.17) is 9.47 Å². The molecule has 2 aromatic rings. The average molecular weight is 456 g/mol. The lowest BCUT2D eigenvalue weighted by atomic mass is 10.1. The van der Waals surface area contributed by atoms with Crippen LogP contribution in [-0.4, -0.2) is 35.2 Å². The van der Waals surface area contributed by atoms with Crippen LogP contribution in [0.25, 0.3) is 0 Å². The second-order valence-corrected chi connectivity index (χ2v) is 9.58. The number of esters is 1. The zero-order chi connectivity index (χ0) is 24.6. The van der Waals surface area contributed by atoms with Gasteiger partial charge in [0.15, 0.2) is 0 Å². The van der Waals surface area contributed by atoms with E-state index in [9.17, 15) is 14.4 Å². The Morgan fingerprint density at radius 3 is 1.94 bits per heavy atom. The molecule has 33 heavy (non-hydrogen) atoms. The third-order valence-corrected chi connectivity index (χ3v) is 4.13. The van der Waals surface area contributed by atoms with Crippen LogP contribution in [0, 0.1) is 0 Å². The quantitative estimate of drug-likeness (QED) is 0.426. The molecule has 2 amide bonds. The summed E-state index contributed by atoms with van der Waals surface area (Å²) in [6, 6.07) is 15.1. The predicted octanol–water partition coefficient (Wildman–Crippen LogP) is 4.22. The molecule has 178 valence electrons. The number of hydrogen-bond acceptors (Lipinski definition) is 6. The fraction of sp³-hybridized carbons (Fsp3) is 0.400. The van der Waals surface area contributed by atoms with Crippen molar-refractivity contribution >= 4 is 23.7 Å². The van der Waals surface area contributed by atoms with Crippen LogP contribution in [0.2, 0.25) is 0 Å². The molecule has 0 aromatic heterocycles. The van der Waals surface area contributed by atoms with Crippen molar-refractivity contribution in [2.45, 2.75) is 65.2 Å². The van der Waals surface area contributed by atoms with Crippen molar-refractivity contribution in [2.24, 2.45) is 0 Å². The van der Waals surface area contributed by atoms with Gasteiger partial charge in [-0.1, -0.05) is 30.3 Å². The number of nitrogens with one attached hydrogen (secondary N) is 3. The van der Waals surface area contributed by atoms with E-state index in [0.29, 0.717) is 17.7 Å². The maximum absolute atomic E-state index is 13.0. The smallest absolute Gasteiger partial charge is 0.422 e. The van der Waals surface area contributed by atoms with Crippen LogP contribution in [-0.2, 0) is 20.7 Å². The minimum atomic E-state index is -0.773. The molecule has 3 N–H and O–H groups in total. The number of hydrazine groups is 1. The lowest BCUT2D eigenvalue weighted by Gasteiger charge is -2.23. The molecular formula is C25H33N3O5. The van der Waals surface area contributed by atoms with E-state index in [1.165, 1.54) is 0 Å². The maximum atomic E-state index is 13.0. The van der Waals surface area contributed by atoms with Gasteiger partial charge in [0, 0.05) is 5.69 Å². The molecule has 0 aliphatic rings. The molecule has 8 heteroatoms. The Kier molecular flexibility index (Phi) is 8.59. The summed E-state index contributed by atoms with van der Waals surface area (Å²) in [6.45, 7) is 10.6. The Hall–Kier alpha value is -3.39. The van der Waals surface area contributed by atoms with Gasteiger partial charge < -0.3 is 14.8 Å². The summed E-state index contributed by atoms with van der Waals surface area (Å²) >= 11 is 0. The number of hydrogen-bond donors (Lipinski definition) is 3. The van der Waals surface area contributed by atoms with Gasteiger partial charge in [0.25, 0.3) is 0 Å². The highest BCUT2D eigenvalue weighted by Crippen LogP contribution is 2.15. The molecule has 1 atom stereocenters. The lowest BCUT2D eigenvalue weighted by molar-refractivity contribution is -0.118. The number of amides is 2. The standard InChI is InChI=1S/C25H33N3O5/c1-24(2,3)32-22(30)18-12-14-19(15-13-18)26-21(29)20(16-17-10-8-7-9-11-17)27-28-23(31)33-25(4,5)6/h7-15,20,27H,16H2,1-6H3,(H,26,29)(H,28,31)/t20-/m0/s1. The molecular weight excluding hydrogens is 422 g/mol. The van der Waals surface area contributed by atoms with Crippen molar-refractivity contribution in [3.63, 3.8) is 0 Å². The third-order valence-electron chi connectivity index (χ3n) is 4.13. The number of anilines is 1. The molecule has 0 fully saturated rings. The van der Waals surface area contributed by atoms with Crippen molar-refractivity contribution in [3.05, 3.63) is 65.7 Å². The number of carbonyl (C=O) groups excluding carboxylic acids is 3. The third kappa shape index (κ3) is 9.74. The average Bonchev–Trinajstić information content (AvgIpc) is 2.69. The van der Waals surface area contributed by atoms with Crippen molar-refractivity contribution in [1.82, 2.24) is 10.9 Å². The molecule has 0 saturated carbocycles. The summed E-state index contributed by atoms with van der Waals surface area (Å²) in [6.07, 6.45) is -0.353. The Morgan fingerprint density at radius 1 is 0.818 bits per heavy atom. The first-order valence-electron chi connectivity index (χ1n) is 10.8. The molecule has 0 radical (unpaired) electrons.